The number of nitrogens with one attached hydrogen (secondary N) is 1. The lowest BCUT2D eigenvalue weighted by Crippen LogP contribution is -2.20. The summed E-state index contributed by atoms with van der Waals surface area (Å²) in [6, 6.07) is 3.50. The molecule has 3 rings (SSSR count). The van der Waals surface area contributed by atoms with Gasteiger partial charge in [-0.05, 0) is 54.4 Å². The summed E-state index contributed by atoms with van der Waals surface area (Å²) in [6.07, 6.45) is -1.15. The van der Waals surface area contributed by atoms with Crippen molar-refractivity contribution < 1.29 is 22.8 Å². The molecule has 0 saturated carbocycles. The zero-order chi connectivity index (χ0) is 16.6. The van der Waals surface area contributed by atoms with Crippen LogP contribution in [0.3, 0.4) is 0 Å². The number of alkyl halides is 3. The fraction of sp³-hybridized carbons (Fsp3) is 0.333. The number of thioether (sulfide) groups is 1. The van der Waals surface area contributed by atoms with Gasteiger partial charge in [-0.15, -0.1) is 0 Å². The predicted molar refractivity (Wildman–Crippen MR) is 82.0 cm³/mol. The maximum Gasteiger partial charge on any atom is 0.416 e. The largest absolute Gasteiger partial charge is 0.416 e. The molecule has 0 spiro atoms. The monoisotopic (exact) mass is 342 g/mol. The summed E-state index contributed by atoms with van der Waals surface area (Å²) in [5.74, 6) is -0.579. The molecule has 0 radical (unpaired) electrons. The molecule has 23 heavy (non-hydrogen) atoms. The summed E-state index contributed by atoms with van der Waals surface area (Å²) in [6.45, 7) is 1.53. The normalized spacial score (nSPS) is 20.5. The van der Waals surface area contributed by atoms with Crippen LogP contribution in [0.2, 0.25) is 0 Å². The quantitative estimate of drug-likeness (QED) is 0.834. The van der Waals surface area contributed by atoms with Crippen LogP contribution >= 0.6 is 11.8 Å². The van der Waals surface area contributed by atoms with E-state index in [0.717, 1.165) is 38.1 Å². The van der Waals surface area contributed by atoms with Gasteiger partial charge in [-0.2, -0.15) is 13.2 Å². The number of hydrogen-bond acceptors (Lipinski definition) is 4. The van der Waals surface area contributed by atoms with E-state index in [1.807, 2.05) is 4.90 Å². The van der Waals surface area contributed by atoms with E-state index in [9.17, 15) is 22.8 Å². The maximum atomic E-state index is 13.0. The van der Waals surface area contributed by atoms with Gasteiger partial charge in [-0.3, -0.25) is 14.9 Å². The van der Waals surface area contributed by atoms with E-state index in [2.05, 4.69) is 5.32 Å². The van der Waals surface area contributed by atoms with Crippen LogP contribution < -0.4 is 10.2 Å². The molecule has 2 fully saturated rings. The van der Waals surface area contributed by atoms with Crippen LogP contribution in [0, 0.1) is 0 Å². The molecule has 0 atom stereocenters. The highest BCUT2D eigenvalue weighted by Crippen LogP contribution is 2.36. The SMILES string of the molecule is O=C1NC(=O)/C(=C/c2cc(C(F)(F)F)ccc2N2CCCC2)S1. The van der Waals surface area contributed by atoms with Crippen LogP contribution in [0.15, 0.2) is 23.1 Å². The Kier molecular flexibility index (Phi) is 4.09. The molecule has 0 unspecified atom stereocenters. The molecule has 2 aliphatic heterocycles. The minimum Gasteiger partial charge on any atom is -0.371 e. The van der Waals surface area contributed by atoms with Crippen LogP contribution in [0.4, 0.5) is 23.7 Å². The lowest BCUT2D eigenvalue weighted by atomic mass is 10.1. The Balaban J connectivity index is 2.05. The third kappa shape index (κ3) is 3.36. The number of imide groups is 1. The first-order chi connectivity index (χ1) is 10.8. The first-order valence-corrected chi connectivity index (χ1v) is 7.87. The average Bonchev–Trinajstić information content (AvgIpc) is 3.08. The van der Waals surface area contributed by atoms with Gasteiger partial charge in [-0.1, -0.05) is 0 Å². The molecule has 2 heterocycles. The number of hydrogen-bond donors (Lipinski definition) is 1. The van der Waals surface area contributed by atoms with Crippen LogP contribution in [0.1, 0.15) is 24.0 Å². The Hall–Kier alpha value is -1.96. The third-order valence-electron chi connectivity index (χ3n) is 3.73. The molecule has 1 aromatic carbocycles. The van der Waals surface area contributed by atoms with E-state index in [1.54, 1.807) is 0 Å². The number of carbonyl (C=O) groups excluding carboxylic acids is 2. The fourth-order valence-electron chi connectivity index (χ4n) is 2.65. The number of halogens is 3. The van der Waals surface area contributed by atoms with E-state index in [0.29, 0.717) is 23.0 Å². The number of amides is 2. The molecule has 0 aromatic heterocycles. The Morgan fingerprint density at radius 2 is 1.87 bits per heavy atom. The van der Waals surface area contributed by atoms with Gasteiger partial charge in [0, 0.05) is 18.8 Å². The second-order valence-electron chi connectivity index (χ2n) is 5.32. The molecule has 1 aromatic rings. The topological polar surface area (TPSA) is 49.4 Å². The number of nitrogens with zero attached hydrogens (tertiary/aromatic N) is 1. The van der Waals surface area contributed by atoms with Crippen LogP contribution in [0.25, 0.3) is 6.08 Å². The summed E-state index contributed by atoms with van der Waals surface area (Å²) in [5.41, 5.74) is 0.173. The van der Waals surface area contributed by atoms with Crippen LogP contribution in [0.5, 0.6) is 0 Å². The second kappa shape index (κ2) is 5.92. The molecule has 0 aliphatic carbocycles. The highest BCUT2D eigenvalue weighted by molar-refractivity contribution is 8.18. The van der Waals surface area contributed by atoms with Gasteiger partial charge >= 0.3 is 6.18 Å². The number of benzene rings is 1. The smallest absolute Gasteiger partial charge is 0.371 e. The van der Waals surface area contributed by atoms with Crippen molar-refractivity contribution >= 4 is 34.7 Å². The van der Waals surface area contributed by atoms with Gasteiger partial charge in [0.15, 0.2) is 0 Å². The van der Waals surface area contributed by atoms with Crippen molar-refractivity contribution in [2.45, 2.75) is 19.0 Å². The molecule has 0 bridgehead atoms. The van der Waals surface area contributed by atoms with Gasteiger partial charge < -0.3 is 4.90 Å². The minimum absolute atomic E-state index is 0.106. The van der Waals surface area contributed by atoms with E-state index >= 15 is 0 Å². The lowest BCUT2D eigenvalue weighted by molar-refractivity contribution is -0.137. The molecule has 2 saturated heterocycles. The van der Waals surface area contributed by atoms with Crippen molar-refractivity contribution in [2.24, 2.45) is 0 Å². The van der Waals surface area contributed by atoms with E-state index in [-0.39, 0.29) is 4.91 Å². The van der Waals surface area contributed by atoms with E-state index in [1.165, 1.54) is 12.1 Å². The van der Waals surface area contributed by atoms with Crippen molar-refractivity contribution in [1.29, 1.82) is 0 Å². The van der Waals surface area contributed by atoms with Gasteiger partial charge in [-0.25, -0.2) is 0 Å². The minimum atomic E-state index is -4.46. The highest BCUT2D eigenvalue weighted by atomic mass is 32.2. The zero-order valence-electron chi connectivity index (χ0n) is 11.9. The van der Waals surface area contributed by atoms with E-state index in [4.69, 9.17) is 0 Å². The first kappa shape index (κ1) is 15.9. The lowest BCUT2D eigenvalue weighted by Gasteiger charge is -2.21. The predicted octanol–water partition coefficient (Wildman–Crippen LogP) is 3.63. The molecule has 4 nitrogen and oxygen atoms in total. The average molecular weight is 342 g/mol. The number of anilines is 1. The Bertz CT molecular complexity index is 694. The third-order valence-corrected chi connectivity index (χ3v) is 4.54. The molecule has 122 valence electrons. The Morgan fingerprint density at radius 1 is 1.17 bits per heavy atom. The summed E-state index contributed by atoms with van der Waals surface area (Å²) in [4.78, 5) is 25.0. The van der Waals surface area contributed by atoms with Crippen LogP contribution in [-0.2, 0) is 11.0 Å². The molecule has 1 N–H and O–H groups in total. The molecule has 2 aliphatic rings. The molecular formula is C15H13F3N2O2S. The number of carbonyl (C=O) groups is 2. The fourth-order valence-corrected chi connectivity index (χ4v) is 3.33. The molecular weight excluding hydrogens is 329 g/mol. The van der Waals surface area contributed by atoms with Crippen molar-refractivity contribution in [3.05, 3.63) is 34.2 Å². The highest BCUT2D eigenvalue weighted by Gasteiger charge is 2.32. The molecule has 8 heteroatoms. The molecule has 2 amide bonds. The van der Waals surface area contributed by atoms with Crippen molar-refractivity contribution in [1.82, 2.24) is 5.32 Å². The summed E-state index contributed by atoms with van der Waals surface area (Å²) >= 11 is 0.695. The first-order valence-electron chi connectivity index (χ1n) is 7.05. The second-order valence-corrected chi connectivity index (χ2v) is 6.33. The Morgan fingerprint density at radius 3 is 2.43 bits per heavy atom. The van der Waals surface area contributed by atoms with Crippen molar-refractivity contribution in [3.63, 3.8) is 0 Å². The van der Waals surface area contributed by atoms with Gasteiger partial charge in [0.05, 0.1) is 10.5 Å². The van der Waals surface area contributed by atoms with E-state index < -0.39 is 22.9 Å². The zero-order valence-corrected chi connectivity index (χ0v) is 12.8. The van der Waals surface area contributed by atoms with Gasteiger partial charge in [0.25, 0.3) is 11.1 Å². The maximum absolute atomic E-state index is 13.0. The summed E-state index contributed by atoms with van der Waals surface area (Å²) in [5, 5.41) is 1.58. The van der Waals surface area contributed by atoms with Crippen molar-refractivity contribution in [3.8, 4) is 0 Å². The van der Waals surface area contributed by atoms with Gasteiger partial charge in [0.2, 0.25) is 0 Å². The van der Waals surface area contributed by atoms with Crippen molar-refractivity contribution in [2.75, 3.05) is 18.0 Å². The Labute approximate surface area is 134 Å². The van der Waals surface area contributed by atoms with Crippen LogP contribution in [-0.4, -0.2) is 24.2 Å². The standard InChI is InChI=1S/C15H13F3N2O2S/c16-15(17,18)10-3-4-11(20-5-1-2-6-20)9(7-10)8-12-13(21)19-14(22)23-12/h3-4,7-8H,1-2,5-6H2,(H,19,21,22)/b12-8-. The summed E-state index contributed by atoms with van der Waals surface area (Å²) in [7, 11) is 0. The van der Waals surface area contributed by atoms with Gasteiger partial charge in [0.1, 0.15) is 0 Å². The summed E-state index contributed by atoms with van der Waals surface area (Å²) < 4.78 is 38.9. The number of rotatable bonds is 2.